The van der Waals surface area contributed by atoms with Crippen LogP contribution in [0.3, 0.4) is 0 Å². The zero-order chi connectivity index (χ0) is 13.4. The molecule has 1 aliphatic heterocycles. The molecule has 2 atom stereocenters. The first-order valence-corrected chi connectivity index (χ1v) is 7.14. The highest BCUT2D eigenvalue weighted by molar-refractivity contribution is 4.85. The Morgan fingerprint density at radius 3 is 2.89 bits per heavy atom. The van der Waals surface area contributed by atoms with Crippen molar-refractivity contribution in [3.8, 4) is 0 Å². The van der Waals surface area contributed by atoms with Crippen LogP contribution in [0.1, 0.15) is 33.1 Å². The average molecular weight is 258 g/mol. The van der Waals surface area contributed by atoms with Gasteiger partial charge in [0, 0.05) is 39.4 Å². The molecule has 0 saturated carbocycles. The summed E-state index contributed by atoms with van der Waals surface area (Å²) in [6, 6.07) is 0.611. The fraction of sp³-hybridized carbons (Fsp3) is 1.00. The second-order valence-corrected chi connectivity index (χ2v) is 5.59. The molecule has 1 saturated heterocycles. The third-order valence-corrected chi connectivity index (χ3v) is 3.95. The molecule has 0 aromatic carbocycles. The van der Waals surface area contributed by atoms with Crippen molar-refractivity contribution >= 4 is 0 Å². The molecule has 0 aliphatic carbocycles. The van der Waals surface area contributed by atoms with Gasteiger partial charge in [0.05, 0.1) is 12.2 Å². The Bertz CT molecular complexity index is 226. The molecule has 1 aliphatic rings. The molecule has 2 unspecified atom stereocenters. The molecule has 108 valence electrons. The third kappa shape index (κ3) is 5.65. The molecule has 1 fully saturated rings. The van der Waals surface area contributed by atoms with Crippen molar-refractivity contribution in [2.75, 3.05) is 47.0 Å². The van der Waals surface area contributed by atoms with Crippen LogP contribution in [0.5, 0.6) is 0 Å². The van der Waals surface area contributed by atoms with E-state index in [0.29, 0.717) is 6.04 Å². The minimum Gasteiger partial charge on any atom is -0.383 e. The monoisotopic (exact) mass is 258 g/mol. The predicted octanol–water partition coefficient (Wildman–Crippen LogP) is 1.50. The highest BCUT2D eigenvalue weighted by Gasteiger charge is 2.31. The molecule has 0 aromatic rings. The summed E-state index contributed by atoms with van der Waals surface area (Å²) in [5.41, 5.74) is 0.0812. The van der Waals surface area contributed by atoms with Crippen molar-refractivity contribution in [3.63, 3.8) is 0 Å². The SMILES string of the molecule is CCC1(C)CC(NCCN(C)CCOC)CCO1. The van der Waals surface area contributed by atoms with E-state index in [1.807, 2.05) is 0 Å². The molecule has 0 aromatic heterocycles. The van der Waals surface area contributed by atoms with E-state index in [1.54, 1.807) is 7.11 Å². The number of hydrogen-bond donors (Lipinski definition) is 1. The van der Waals surface area contributed by atoms with E-state index in [4.69, 9.17) is 9.47 Å². The lowest BCUT2D eigenvalue weighted by atomic mass is 9.90. The van der Waals surface area contributed by atoms with E-state index in [0.717, 1.165) is 52.1 Å². The smallest absolute Gasteiger partial charge is 0.0666 e. The second kappa shape index (κ2) is 8.10. The number of nitrogens with zero attached hydrogens (tertiary/aromatic N) is 1. The molecule has 1 heterocycles. The van der Waals surface area contributed by atoms with E-state index >= 15 is 0 Å². The fourth-order valence-electron chi connectivity index (χ4n) is 2.37. The number of rotatable bonds is 8. The van der Waals surface area contributed by atoms with Crippen molar-refractivity contribution < 1.29 is 9.47 Å². The molecule has 0 spiro atoms. The van der Waals surface area contributed by atoms with E-state index in [9.17, 15) is 0 Å². The molecule has 18 heavy (non-hydrogen) atoms. The van der Waals surface area contributed by atoms with Crippen LogP contribution in [-0.2, 0) is 9.47 Å². The molecule has 1 rings (SSSR count). The lowest BCUT2D eigenvalue weighted by Crippen LogP contribution is -2.46. The lowest BCUT2D eigenvalue weighted by molar-refractivity contribution is -0.0779. The summed E-state index contributed by atoms with van der Waals surface area (Å²) in [6.45, 7) is 9.25. The fourth-order valence-corrected chi connectivity index (χ4v) is 2.37. The summed E-state index contributed by atoms with van der Waals surface area (Å²) in [5, 5.41) is 3.66. The van der Waals surface area contributed by atoms with Gasteiger partial charge in [-0.25, -0.2) is 0 Å². The predicted molar refractivity (Wildman–Crippen MR) is 75.0 cm³/mol. The molecular weight excluding hydrogens is 228 g/mol. The molecule has 0 bridgehead atoms. The van der Waals surface area contributed by atoms with Crippen LogP contribution in [0.25, 0.3) is 0 Å². The summed E-state index contributed by atoms with van der Waals surface area (Å²) in [4.78, 5) is 2.30. The summed E-state index contributed by atoms with van der Waals surface area (Å²) < 4.78 is 10.9. The molecule has 4 heteroatoms. The van der Waals surface area contributed by atoms with E-state index in [1.165, 1.54) is 0 Å². The van der Waals surface area contributed by atoms with Crippen molar-refractivity contribution in [2.24, 2.45) is 0 Å². The minimum atomic E-state index is 0.0812. The van der Waals surface area contributed by atoms with Gasteiger partial charge in [0.15, 0.2) is 0 Å². The van der Waals surface area contributed by atoms with E-state index in [-0.39, 0.29) is 5.60 Å². The van der Waals surface area contributed by atoms with Crippen molar-refractivity contribution in [1.29, 1.82) is 0 Å². The standard InChI is InChI=1S/C14H30N2O2/c1-5-14(2)12-13(6-10-18-14)15-7-8-16(3)9-11-17-4/h13,15H,5-12H2,1-4H3. The Morgan fingerprint density at radius 1 is 1.44 bits per heavy atom. The normalized spacial score (nSPS) is 28.8. The minimum absolute atomic E-state index is 0.0812. The van der Waals surface area contributed by atoms with Crippen LogP contribution >= 0.6 is 0 Å². The van der Waals surface area contributed by atoms with E-state index in [2.05, 4.69) is 31.1 Å². The summed E-state index contributed by atoms with van der Waals surface area (Å²) >= 11 is 0. The van der Waals surface area contributed by atoms with Crippen LogP contribution < -0.4 is 5.32 Å². The second-order valence-electron chi connectivity index (χ2n) is 5.59. The van der Waals surface area contributed by atoms with Crippen LogP contribution in [0, 0.1) is 0 Å². The first-order valence-electron chi connectivity index (χ1n) is 7.14. The Kier molecular flexibility index (Phi) is 7.15. The van der Waals surface area contributed by atoms with Crippen molar-refractivity contribution in [1.82, 2.24) is 10.2 Å². The maximum atomic E-state index is 5.86. The summed E-state index contributed by atoms with van der Waals surface area (Å²) in [5.74, 6) is 0. The average Bonchev–Trinajstić information content (AvgIpc) is 2.36. The zero-order valence-electron chi connectivity index (χ0n) is 12.5. The summed E-state index contributed by atoms with van der Waals surface area (Å²) in [6.07, 6.45) is 3.36. The quantitative estimate of drug-likeness (QED) is 0.715. The van der Waals surface area contributed by atoms with Gasteiger partial charge < -0.3 is 19.7 Å². The highest BCUT2D eigenvalue weighted by atomic mass is 16.5. The summed E-state index contributed by atoms with van der Waals surface area (Å²) in [7, 11) is 3.89. The van der Waals surface area contributed by atoms with Gasteiger partial charge in [-0.3, -0.25) is 0 Å². The first kappa shape index (κ1) is 15.9. The number of ether oxygens (including phenoxy) is 2. The van der Waals surface area contributed by atoms with Gasteiger partial charge in [0.1, 0.15) is 0 Å². The number of nitrogens with one attached hydrogen (secondary N) is 1. The topological polar surface area (TPSA) is 33.7 Å². The first-order chi connectivity index (χ1) is 8.59. The van der Waals surface area contributed by atoms with Crippen molar-refractivity contribution in [2.45, 2.75) is 44.8 Å². The maximum Gasteiger partial charge on any atom is 0.0666 e. The van der Waals surface area contributed by atoms with Gasteiger partial charge in [-0.2, -0.15) is 0 Å². The van der Waals surface area contributed by atoms with Crippen LogP contribution in [0.15, 0.2) is 0 Å². The van der Waals surface area contributed by atoms with E-state index < -0.39 is 0 Å². The zero-order valence-corrected chi connectivity index (χ0v) is 12.5. The Morgan fingerprint density at radius 2 is 2.22 bits per heavy atom. The Hall–Kier alpha value is -0.160. The molecule has 0 radical (unpaired) electrons. The van der Waals surface area contributed by atoms with Crippen molar-refractivity contribution in [3.05, 3.63) is 0 Å². The number of methoxy groups -OCH3 is 1. The maximum absolute atomic E-state index is 5.86. The van der Waals surface area contributed by atoms with Gasteiger partial charge in [-0.05, 0) is 33.2 Å². The highest BCUT2D eigenvalue weighted by Crippen LogP contribution is 2.27. The molecule has 4 nitrogen and oxygen atoms in total. The lowest BCUT2D eigenvalue weighted by Gasteiger charge is -2.38. The third-order valence-electron chi connectivity index (χ3n) is 3.95. The van der Waals surface area contributed by atoms with Gasteiger partial charge in [-0.1, -0.05) is 6.92 Å². The van der Waals surface area contributed by atoms with Gasteiger partial charge in [0.25, 0.3) is 0 Å². The molecule has 0 amide bonds. The Balaban J connectivity index is 2.15. The van der Waals surface area contributed by atoms with Gasteiger partial charge in [0.2, 0.25) is 0 Å². The molecule has 1 N–H and O–H groups in total. The number of likely N-dealkylation sites (N-methyl/N-ethyl adjacent to an activating group) is 1. The van der Waals surface area contributed by atoms with Crippen LogP contribution in [-0.4, -0.2) is 63.5 Å². The number of hydrogen-bond acceptors (Lipinski definition) is 4. The van der Waals surface area contributed by atoms with Crippen LogP contribution in [0.4, 0.5) is 0 Å². The van der Waals surface area contributed by atoms with Gasteiger partial charge >= 0.3 is 0 Å². The van der Waals surface area contributed by atoms with Gasteiger partial charge in [-0.15, -0.1) is 0 Å². The largest absolute Gasteiger partial charge is 0.383 e. The molecular formula is C14H30N2O2. The Labute approximate surface area is 112 Å². The van der Waals surface area contributed by atoms with Crippen LogP contribution in [0.2, 0.25) is 0 Å².